The van der Waals surface area contributed by atoms with Crippen LogP contribution in [0.3, 0.4) is 0 Å². The lowest BCUT2D eigenvalue weighted by Crippen LogP contribution is -2.11. The molecular weight excluding hydrogens is 328 g/mol. The number of hydrogen-bond acceptors (Lipinski definition) is 6. The first-order chi connectivity index (χ1) is 11.7. The number of esters is 2. The number of carbonyl (C=O) groups excluding carboxylic acids is 2. The van der Waals surface area contributed by atoms with Gasteiger partial charge in [-0.2, -0.15) is 0 Å². The van der Waals surface area contributed by atoms with Gasteiger partial charge < -0.3 is 19.7 Å². The lowest BCUT2D eigenvalue weighted by atomic mass is 10.1. The lowest BCUT2D eigenvalue weighted by molar-refractivity contribution is -0.140. The Hall–Kier alpha value is -2.41. The smallest absolute Gasteiger partial charge is 0.333 e. The van der Waals surface area contributed by atoms with Gasteiger partial charge in [0.05, 0.1) is 13.2 Å². The van der Waals surface area contributed by atoms with Crippen LogP contribution in [0.2, 0.25) is 0 Å². The summed E-state index contributed by atoms with van der Waals surface area (Å²) >= 11 is 0. The topological polar surface area (TPSA) is 110 Å². The summed E-state index contributed by atoms with van der Waals surface area (Å²) in [6.07, 6.45) is 3.19. The van der Waals surface area contributed by atoms with Crippen LogP contribution in [-0.4, -0.2) is 47.9 Å². The molecule has 0 aromatic rings. The highest BCUT2D eigenvalue weighted by molar-refractivity contribution is 5.89. The zero-order chi connectivity index (χ0) is 19.8. The van der Waals surface area contributed by atoms with Crippen molar-refractivity contribution in [3.8, 4) is 0 Å². The molecule has 0 saturated heterocycles. The quantitative estimate of drug-likeness (QED) is 0.456. The molecule has 0 spiro atoms. The summed E-state index contributed by atoms with van der Waals surface area (Å²) in [5.74, 6) is -1.65. The summed E-state index contributed by atoms with van der Waals surface area (Å²) in [5.41, 5.74) is 0.556. The second-order valence-corrected chi connectivity index (χ2v) is 5.28. The zero-order valence-electron chi connectivity index (χ0n) is 15.1. The van der Waals surface area contributed by atoms with Gasteiger partial charge in [0.15, 0.2) is 0 Å². The van der Waals surface area contributed by atoms with E-state index < -0.39 is 17.9 Å². The highest BCUT2D eigenvalue weighted by Gasteiger charge is 2.10. The third kappa shape index (κ3) is 14.9. The molecule has 0 atom stereocenters. The van der Waals surface area contributed by atoms with Gasteiger partial charge in [-0.15, -0.1) is 0 Å². The molecule has 0 amide bonds. The number of carboxylic acid groups (broad SMARTS) is 1. The highest BCUT2D eigenvalue weighted by atomic mass is 16.5. The Labute approximate surface area is 148 Å². The minimum Gasteiger partial charge on any atom is -0.478 e. The molecule has 142 valence electrons. The predicted molar refractivity (Wildman–Crippen MR) is 93.8 cm³/mol. The van der Waals surface area contributed by atoms with Crippen molar-refractivity contribution in [1.29, 1.82) is 0 Å². The van der Waals surface area contributed by atoms with Crippen molar-refractivity contribution in [2.24, 2.45) is 5.92 Å². The van der Waals surface area contributed by atoms with Crippen LogP contribution in [0.25, 0.3) is 0 Å². The Morgan fingerprint density at radius 3 is 2.20 bits per heavy atom. The van der Waals surface area contributed by atoms with Crippen LogP contribution in [0.15, 0.2) is 36.5 Å². The minimum absolute atomic E-state index is 0.0465. The molecule has 0 unspecified atom stereocenters. The van der Waals surface area contributed by atoms with Crippen LogP contribution < -0.4 is 0 Å². The fraction of sp³-hybridized carbons (Fsp3) is 0.500. The molecule has 25 heavy (non-hydrogen) atoms. The van der Waals surface area contributed by atoms with Gasteiger partial charge in [-0.1, -0.05) is 40.0 Å². The maximum absolute atomic E-state index is 11.4. The van der Waals surface area contributed by atoms with Gasteiger partial charge in [-0.25, -0.2) is 14.4 Å². The number of allylic oxidation sites excluding steroid dienone is 1. The third-order valence-corrected chi connectivity index (χ3v) is 2.59. The van der Waals surface area contributed by atoms with Crippen LogP contribution in [0.4, 0.5) is 0 Å². The van der Waals surface area contributed by atoms with Gasteiger partial charge in [-0.05, 0) is 18.8 Å². The van der Waals surface area contributed by atoms with E-state index >= 15 is 0 Å². The SMILES string of the molecule is C=C(CC=C(CC)C(=O)O)C(=O)OCC(C)C.C=CC(=O)OCCO. The number of aliphatic hydroxyl groups is 1. The Bertz CT molecular complexity index is 490. The summed E-state index contributed by atoms with van der Waals surface area (Å²) in [4.78, 5) is 32.3. The number of aliphatic hydroxyl groups excluding tert-OH is 1. The van der Waals surface area contributed by atoms with Gasteiger partial charge in [0.25, 0.3) is 0 Å². The Morgan fingerprint density at radius 1 is 1.20 bits per heavy atom. The maximum atomic E-state index is 11.4. The van der Waals surface area contributed by atoms with Crippen molar-refractivity contribution in [3.63, 3.8) is 0 Å². The van der Waals surface area contributed by atoms with E-state index in [1.165, 1.54) is 6.08 Å². The van der Waals surface area contributed by atoms with Crippen LogP contribution in [0.5, 0.6) is 0 Å². The second-order valence-electron chi connectivity index (χ2n) is 5.28. The highest BCUT2D eigenvalue weighted by Crippen LogP contribution is 2.09. The van der Waals surface area contributed by atoms with Crippen molar-refractivity contribution in [2.45, 2.75) is 33.6 Å². The summed E-state index contributed by atoms with van der Waals surface area (Å²) in [5, 5.41) is 16.9. The van der Waals surface area contributed by atoms with Gasteiger partial charge in [-0.3, -0.25) is 0 Å². The molecule has 0 aliphatic rings. The molecule has 0 aromatic carbocycles. The molecule has 0 saturated carbocycles. The summed E-state index contributed by atoms with van der Waals surface area (Å²) in [7, 11) is 0. The van der Waals surface area contributed by atoms with E-state index in [4.69, 9.17) is 14.9 Å². The molecule has 0 fully saturated rings. The second kappa shape index (κ2) is 15.1. The third-order valence-electron chi connectivity index (χ3n) is 2.59. The predicted octanol–water partition coefficient (Wildman–Crippen LogP) is 2.26. The number of carboxylic acids is 1. The molecule has 7 heteroatoms. The van der Waals surface area contributed by atoms with Crippen LogP contribution in [-0.2, 0) is 23.9 Å². The average molecular weight is 356 g/mol. The fourth-order valence-electron chi connectivity index (χ4n) is 1.26. The average Bonchev–Trinajstić information content (AvgIpc) is 2.57. The summed E-state index contributed by atoms with van der Waals surface area (Å²) in [6, 6.07) is 0. The maximum Gasteiger partial charge on any atom is 0.333 e. The fourth-order valence-corrected chi connectivity index (χ4v) is 1.26. The Kier molecular flexibility index (Phi) is 15.0. The van der Waals surface area contributed by atoms with Crippen LogP contribution in [0.1, 0.15) is 33.6 Å². The summed E-state index contributed by atoms with van der Waals surface area (Å²) < 4.78 is 9.31. The van der Waals surface area contributed by atoms with Gasteiger partial charge in [0.2, 0.25) is 0 Å². The Morgan fingerprint density at radius 2 is 1.80 bits per heavy atom. The van der Waals surface area contributed by atoms with Crippen molar-refractivity contribution in [2.75, 3.05) is 19.8 Å². The molecule has 0 bridgehead atoms. The summed E-state index contributed by atoms with van der Waals surface area (Å²) in [6.45, 7) is 12.6. The van der Waals surface area contributed by atoms with E-state index in [9.17, 15) is 14.4 Å². The van der Waals surface area contributed by atoms with Crippen molar-refractivity contribution in [3.05, 3.63) is 36.5 Å². The molecule has 0 radical (unpaired) electrons. The van der Waals surface area contributed by atoms with Crippen molar-refractivity contribution < 1.29 is 34.1 Å². The molecule has 0 aromatic heterocycles. The van der Waals surface area contributed by atoms with Crippen molar-refractivity contribution in [1.82, 2.24) is 0 Å². The minimum atomic E-state index is -0.962. The van der Waals surface area contributed by atoms with E-state index in [1.807, 2.05) is 13.8 Å². The van der Waals surface area contributed by atoms with E-state index in [2.05, 4.69) is 17.9 Å². The Balaban J connectivity index is 0. The van der Waals surface area contributed by atoms with Gasteiger partial charge in [0.1, 0.15) is 6.61 Å². The normalized spacial score (nSPS) is 10.4. The molecule has 0 rings (SSSR count). The first-order valence-corrected chi connectivity index (χ1v) is 7.86. The van der Waals surface area contributed by atoms with E-state index in [0.717, 1.165) is 6.08 Å². The van der Waals surface area contributed by atoms with Crippen LogP contribution in [0, 0.1) is 5.92 Å². The van der Waals surface area contributed by atoms with Gasteiger partial charge in [0, 0.05) is 17.2 Å². The van der Waals surface area contributed by atoms with E-state index in [-0.39, 0.29) is 36.7 Å². The molecule has 0 heterocycles. The van der Waals surface area contributed by atoms with E-state index in [1.54, 1.807) is 6.92 Å². The first-order valence-electron chi connectivity index (χ1n) is 7.86. The standard InChI is InChI=1S/C13H20O4.C5H8O3/c1-5-11(12(14)15)7-6-10(4)13(16)17-8-9(2)3;1-2-5(7)8-4-3-6/h7,9H,4-6,8H2,1-3H3,(H,14,15);2,6H,1,3-4H2. The molecule has 0 aliphatic heterocycles. The zero-order valence-corrected chi connectivity index (χ0v) is 15.1. The van der Waals surface area contributed by atoms with Crippen molar-refractivity contribution >= 4 is 17.9 Å². The molecule has 2 N–H and O–H groups in total. The number of ether oxygens (including phenoxy) is 2. The molecule has 0 aliphatic carbocycles. The molecule has 7 nitrogen and oxygen atoms in total. The largest absolute Gasteiger partial charge is 0.478 e. The van der Waals surface area contributed by atoms with Crippen LogP contribution >= 0.6 is 0 Å². The monoisotopic (exact) mass is 356 g/mol. The number of hydrogen-bond donors (Lipinski definition) is 2. The number of aliphatic carboxylic acids is 1. The number of carbonyl (C=O) groups is 3. The van der Waals surface area contributed by atoms with E-state index in [0.29, 0.717) is 13.0 Å². The van der Waals surface area contributed by atoms with Gasteiger partial charge >= 0.3 is 17.9 Å². The first kappa shape index (κ1) is 24.8. The number of rotatable bonds is 10. The lowest BCUT2D eigenvalue weighted by Gasteiger charge is -2.07. The molecular formula is C18H28O7.